The molecule has 4 N–H and O–H groups in total. The van der Waals surface area contributed by atoms with Crippen LogP contribution in [0, 0.1) is 12.8 Å². The minimum atomic E-state index is -0.650. The van der Waals surface area contributed by atoms with Gasteiger partial charge in [0.2, 0.25) is 11.8 Å². The average Bonchev–Trinajstić information content (AvgIpc) is 3.43. The van der Waals surface area contributed by atoms with Gasteiger partial charge in [-0.25, -0.2) is 10.1 Å². The molecule has 3 atom stereocenters. The molecule has 3 unspecified atom stereocenters. The van der Waals surface area contributed by atoms with E-state index in [1.807, 2.05) is 48.3 Å². The number of carbonyl (C=O) groups is 2. The maximum Gasteiger partial charge on any atom is 0.230 e. The van der Waals surface area contributed by atoms with E-state index in [2.05, 4.69) is 26.5 Å². The van der Waals surface area contributed by atoms with Gasteiger partial charge in [-0.2, -0.15) is 5.10 Å². The lowest BCUT2D eigenvalue weighted by Crippen LogP contribution is -2.61. The van der Waals surface area contributed by atoms with Crippen LogP contribution in [0.25, 0.3) is 0 Å². The molecule has 3 aromatic rings. The topological polar surface area (TPSA) is 113 Å². The van der Waals surface area contributed by atoms with E-state index in [0.717, 1.165) is 17.0 Å². The highest BCUT2D eigenvalue weighted by atomic mass is 35.5. The van der Waals surface area contributed by atoms with E-state index in [1.54, 1.807) is 30.0 Å². The van der Waals surface area contributed by atoms with Gasteiger partial charge in [-0.05, 0) is 48.9 Å². The van der Waals surface area contributed by atoms with E-state index in [9.17, 15) is 9.59 Å². The molecule has 0 spiro atoms. The van der Waals surface area contributed by atoms with E-state index in [-0.39, 0.29) is 30.3 Å². The molecule has 2 saturated heterocycles. The number of hydrazine groups is 1. The number of ether oxygens (including phenoxy) is 1. The Bertz CT molecular complexity index is 1230. The van der Waals surface area contributed by atoms with E-state index < -0.39 is 6.29 Å². The second kappa shape index (κ2) is 9.57. The summed E-state index contributed by atoms with van der Waals surface area (Å²) in [5, 5.41) is 16.4. The van der Waals surface area contributed by atoms with Crippen molar-refractivity contribution in [2.24, 2.45) is 5.92 Å². The first-order chi connectivity index (χ1) is 16.9. The Morgan fingerprint density at radius 3 is 2.66 bits per heavy atom. The van der Waals surface area contributed by atoms with E-state index >= 15 is 0 Å². The number of rotatable bonds is 6. The third-order valence-electron chi connectivity index (χ3n) is 6.08. The molecule has 35 heavy (non-hydrogen) atoms. The number of carbonyl (C=O) groups excluding carboxylic acids is 2. The van der Waals surface area contributed by atoms with Gasteiger partial charge in [0.15, 0.2) is 6.29 Å². The van der Waals surface area contributed by atoms with Crippen LogP contribution in [-0.4, -0.2) is 41.4 Å². The summed E-state index contributed by atoms with van der Waals surface area (Å²) in [5.74, 6) is 0.621. The number of nitrogens with one attached hydrogen (secondary N) is 4. The number of aromatic nitrogens is 2. The number of hydrogen-bond donors (Lipinski definition) is 4. The zero-order valence-corrected chi connectivity index (χ0v) is 20.0. The highest BCUT2D eigenvalue weighted by molar-refractivity contribution is 6.30. The maximum absolute atomic E-state index is 12.9. The molecular weight excluding hydrogens is 470 g/mol. The van der Waals surface area contributed by atoms with Gasteiger partial charge in [-0.3, -0.25) is 19.9 Å². The zero-order valence-electron chi connectivity index (χ0n) is 19.3. The van der Waals surface area contributed by atoms with Gasteiger partial charge >= 0.3 is 0 Å². The molecule has 2 aromatic carbocycles. The molecule has 2 aliphatic rings. The minimum absolute atomic E-state index is 0.105. The van der Waals surface area contributed by atoms with Gasteiger partial charge in [-0.1, -0.05) is 23.7 Å². The van der Waals surface area contributed by atoms with Crippen LogP contribution in [0.2, 0.25) is 5.02 Å². The molecule has 2 aliphatic heterocycles. The molecule has 1 aromatic heterocycles. The van der Waals surface area contributed by atoms with Gasteiger partial charge in [0.1, 0.15) is 17.7 Å². The number of methoxy groups -OCH3 is 1. The standard InChI is InChI=1S/C24H26ClN7O3/c1-14-11-20(27-21(33)12-15-3-9-18(35-2)10-4-15)32(30-14)24-28-22-19(23(34)29-24)13-26-31(22)17-7-5-16(25)6-8-17/h3-11,19,22,24,26,28H,12-13H2,1-2H3,(H,27,33)(H,29,34). The first-order valence-corrected chi connectivity index (χ1v) is 11.6. The van der Waals surface area contributed by atoms with Gasteiger partial charge in [0.25, 0.3) is 0 Å². The highest BCUT2D eigenvalue weighted by Gasteiger charge is 2.45. The quantitative estimate of drug-likeness (QED) is 0.414. The van der Waals surface area contributed by atoms with Crippen molar-refractivity contribution >= 4 is 34.9 Å². The molecule has 0 saturated carbocycles. The summed E-state index contributed by atoms with van der Waals surface area (Å²) in [5.41, 5.74) is 5.73. The monoisotopic (exact) mass is 495 g/mol. The number of amides is 2. The fourth-order valence-corrected chi connectivity index (χ4v) is 4.49. The van der Waals surface area contributed by atoms with Gasteiger partial charge in [0.05, 0.1) is 30.8 Å². The number of halogens is 1. The van der Waals surface area contributed by atoms with Crippen molar-refractivity contribution in [1.82, 2.24) is 25.8 Å². The second-order valence-electron chi connectivity index (χ2n) is 8.53. The van der Waals surface area contributed by atoms with Crippen molar-refractivity contribution in [2.45, 2.75) is 25.8 Å². The molecule has 2 amide bonds. The Labute approximate surface area is 207 Å². The van der Waals surface area contributed by atoms with Gasteiger partial charge in [0, 0.05) is 17.6 Å². The molecule has 5 rings (SSSR count). The fourth-order valence-electron chi connectivity index (χ4n) is 4.37. The van der Waals surface area contributed by atoms with Crippen LogP contribution >= 0.6 is 11.6 Å². The van der Waals surface area contributed by atoms with Crippen LogP contribution in [0.4, 0.5) is 11.5 Å². The van der Waals surface area contributed by atoms with E-state index in [0.29, 0.717) is 23.1 Å². The molecular formula is C24H26ClN7O3. The summed E-state index contributed by atoms with van der Waals surface area (Å²) in [6.45, 7) is 2.32. The van der Waals surface area contributed by atoms with Crippen LogP contribution in [-0.2, 0) is 16.0 Å². The summed E-state index contributed by atoms with van der Waals surface area (Å²) >= 11 is 6.04. The SMILES string of the molecule is COc1ccc(CC(=O)Nc2cc(C)nn2C2NC(=O)C3CNN(c4ccc(Cl)cc4)C3N2)cc1. The van der Waals surface area contributed by atoms with Crippen molar-refractivity contribution in [3.05, 3.63) is 70.9 Å². The van der Waals surface area contributed by atoms with Gasteiger partial charge in [-0.15, -0.1) is 0 Å². The normalized spacial score (nSPS) is 21.4. The highest BCUT2D eigenvalue weighted by Crippen LogP contribution is 2.28. The van der Waals surface area contributed by atoms with Crippen LogP contribution in [0.3, 0.4) is 0 Å². The fraction of sp³-hybridized carbons (Fsp3) is 0.292. The maximum atomic E-state index is 12.9. The van der Waals surface area contributed by atoms with E-state index in [1.165, 1.54) is 0 Å². The number of fused-ring (bicyclic) bond motifs is 1. The lowest BCUT2D eigenvalue weighted by Gasteiger charge is -2.37. The van der Waals surface area contributed by atoms with Crippen molar-refractivity contribution < 1.29 is 14.3 Å². The molecule has 0 aliphatic carbocycles. The Morgan fingerprint density at radius 1 is 1.20 bits per heavy atom. The van der Waals surface area contributed by atoms with Crippen molar-refractivity contribution in [1.29, 1.82) is 0 Å². The largest absolute Gasteiger partial charge is 0.497 e. The number of hydrogen-bond acceptors (Lipinski definition) is 7. The number of anilines is 2. The Kier molecular flexibility index (Phi) is 6.33. The summed E-state index contributed by atoms with van der Waals surface area (Å²) in [4.78, 5) is 25.7. The van der Waals surface area contributed by atoms with Crippen molar-refractivity contribution in [3.63, 3.8) is 0 Å². The third-order valence-corrected chi connectivity index (χ3v) is 6.34. The van der Waals surface area contributed by atoms with Crippen LogP contribution in [0.5, 0.6) is 5.75 Å². The number of benzene rings is 2. The first kappa shape index (κ1) is 23.2. The molecule has 182 valence electrons. The third kappa shape index (κ3) is 4.81. The average molecular weight is 496 g/mol. The first-order valence-electron chi connectivity index (χ1n) is 11.2. The van der Waals surface area contributed by atoms with Gasteiger partial charge < -0.3 is 15.4 Å². The molecule has 3 heterocycles. The number of nitrogens with zero attached hydrogens (tertiary/aromatic N) is 3. The smallest absolute Gasteiger partial charge is 0.230 e. The van der Waals surface area contributed by atoms with E-state index in [4.69, 9.17) is 16.3 Å². The molecule has 0 bridgehead atoms. The molecule has 0 radical (unpaired) electrons. The lowest BCUT2D eigenvalue weighted by atomic mass is 10.0. The van der Waals surface area contributed by atoms with Crippen molar-refractivity contribution in [2.75, 3.05) is 24.0 Å². The summed E-state index contributed by atoms with van der Waals surface area (Å²) in [7, 11) is 1.60. The molecule has 11 heteroatoms. The second-order valence-corrected chi connectivity index (χ2v) is 8.96. The summed E-state index contributed by atoms with van der Waals surface area (Å²) < 4.78 is 6.76. The Morgan fingerprint density at radius 2 is 1.94 bits per heavy atom. The zero-order chi connectivity index (χ0) is 24.5. The predicted octanol–water partition coefficient (Wildman–Crippen LogP) is 2.18. The van der Waals surface area contributed by atoms with Crippen LogP contribution in [0.1, 0.15) is 17.5 Å². The summed E-state index contributed by atoms with van der Waals surface area (Å²) in [6, 6.07) is 16.5. The molecule has 2 fully saturated rings. The predicted molar refractivity (Wildman–Crippen MR) is 132 cm³/mol. The Hall–Kier alpha value is -3.60. The summed E-state index contributed by atoms with van der Waals surface area (Å²) in [6.07, 6.45) is -0.775. The Balaban J connectivity index is 1.33. The lowest BCUT2D eigenvalue weighted by molar-refractivity contribution is -0.129. The van der Waals surface area contributed by atoms with Crippen molar-refractivity contribution in [3.8, 4) is 5.75 Å². The van der Waals surface area contributed by atoms with Crippen LogP contribution in [0.15, 0.2) is 54.6 Å². The van der Waals surface area contributed by atoms with Crippen LogP contribution < -0.4 is 31.1 Å². The minimum Gasteiger partial charge on any atom is -0.497 e. The number of aryl methyl sites for hydroxylation is 1. The molecule has 10 nitrogen and oxygen atoms in total.